The van der Waals surface area contributed by atoms with Gasteiger partial charge < -0.3 is 4.90 Å². The van der Waals surface area contributed by atoms with Crippen LogP contribution in [-0.2, 0) is 21.1 Å². The van der Waals surface area contributed by atoms with Gasteiger partial charge in [-0.1, -0.05) is 34.6 Å². The molecule has 1 aromatic rings. The van der Waals surface area contributed by atoms with E-state index in [0.29, 0.717) is 5.69 Å². The Morgan fingerprint density at radius 2 is 1.71 bits per heavy atom. The Morgan fingerprint density at radius 3 is 2.14 bits per heavy atom. The van der Waals surface area contributed by atoms with Crippen molar-refractivity contribution in [2.45, 2.75) is 45.9 Å². The average molecular weight is 316 g/mol. The lowest BCUT2D eigenvalue weighted by Crippen LogP contribution is -2.24. The molecule has 0 saturated heterocycles. The van der Waals surface area contributed by atoms with Crippen LogP contribution in [-0.4, -0.2) is 44.1 Å². The lowest BCUT2D eigenvalue weighted by Gasteiger charge is -2.10. The Labute approximate surface area is 129 Å². The van der Waals surface area contributed by atoms with Gasteiger partial charge in [0.25, 0.3) is 0 Å². The zero-order valence-corrected chi connectivity index (χ0v) is 15.0. The molecule has 0 radical (unpaired) electrons. The summed E-state index contributed by atoms with van der Waals surface area (Å²) in [6.07, 6.45) is 1.53. The number of nitrogens with zero attached hydrogens (tertiary/aromatic N) is 2. The fourth-order valence-corrected chi connectivity index (χ4v) is 2.14. The van der Waals surface area contributed by atoms with E-state index in [1.807, 2.05) is 27.7 Å². The van der Waals surface area contributed by atoms with Gasteiger partial charge in [0.2, 0.25) is 5.91 Å². The molecule has 0 aliphatic carbocycles. The fourth-order valence-electron chi connectivity index (χ4n) is 1.23. The molecule has 21 heavy (non-hydrogen) atoms. The molecule has 0 aliphatic heterocycles. The van der Waals surface area contributed by atoms with Gasteiger partial charge in [0.1, 0.15) is 0 Å². The lowest BCUT2D eigenvalue weighted by atomic mass is 10.2. The van der Waals surface area contributed by atoms with E-state index in [1.54, 1.807) is 21.0 Å². The molecule has 0 aliphatic rings. The number of hydrogen-bond acceptors (Lipinski definition) is 4. The highest BCUT2D eigenvalue weighted by atomic mass is 32.2. The van der Waals surface area contributed by atoms with Crippen molar-refractivity contribution in [3.63, 3.8) is 0 Å². The molecule has 0 saturated carbocycles. The van der Waals surface area contributed by atoms with Crippen LogP contribution in [0.15, 0.2) is 23.2 Å². The molecule has 1 rings (SSSR count). The van der Waals surface area contributed by atoms with Gasteiger partial charge in [0.05, 0.1) is 22.8 Å². The van der Waals surface area contributed by atoms with Crippen LogP contribution in [0.2, 0.25) is 0 Å². The van der Waals surface area contributed by atoms with Crippen LogP contribution in [0.5, 0.6) is 0 Å². The van der Waals surface area contributed by atoms with Crippen molar-refractivity contribution >= 4 is 15.7 Å². The summed E-state index contributed by atoms with van der Waals surface area (Å²) in [4.78, 5) is 17.1. The van der Waals surface area contributed by atoms with Crippen LogP contribution in [0.25, 0.3) is 0 Å². The van der Waals surface area contributed by atoms with Crippen LogP contribution in [0.3, 0.4) is 0 Å². The second-order valence-corrected chi connectivity index (χ2v) is 6.13. The van der Waals surface area contributed by atoms with Crippen molar-refractivity contribution in [3.05, 3.63) is 24.0 Å². The number of aromatic nitrogens is 1. The van der Waals surface area contributed by atoms with E-state index in [0.717, 1.165) is 0 Å². The fraction of sp³-hybridized carbons (Fsp3) is 0.600. The van der Waals surface area contributed by atoms with Crippen LogP contribution >= 0.6 is 0 Å². The molecule has 0 aromatic carbocycles. The SMILES string of the molecule is CC.CC.CCS(=O)(=O)c1ccnc(CC(=O)N(C)C)c1. The standard InChI is InChI=1S/C11H16N2O3S.2C2H6/c1-4-17(15,16)10-5-6-12-9(7-10)8-11(14)13(2)3;2*1-2/h5-7H,4,8H2,1-3H3;2*1-2H3. The topological polar surface area (TPSA) is 67.3 Å². The molecule has 0 atom stereocenters. The van der Waals surface area contributed by atoms with E-state index in [4.69, 9.17) is 0 Å². The van der Waals surface area contributed by atoms with Gasteiger partial charge in [0, 0.05) is 20.3 Å². The Hall–Kier alpha value is -1.43. The third kappa shape index (κ3) is 7.80. The molecule has 1 amide bonds. The van der Waals surface area contributed by atoms with Crippen LogP contribution in [0.4, 0.5) is 0 Å². The summed E-state index contributed by atoms with van der Waals surface area (Å²) in [7, 11) is 0.0539. The van der Waals surface area contributed by atoms with Gasteiger partial charge in [-0.15, -0.1) is 0 Å². The highest BCUT2D eigenvalue weighted by molar-refractivity contribution is 7.91. The number of sulfone groups is 1. The minimum Gasteiger partial charge on any atom is -0.348 e. The Bertz CT molecular complexity index is 511. The summed E-state index contributed by atoms with van der Waals surface area (Å²) in [6.45, 7) is 9.58. The van der Waals surface area contributed by atoms with E-state index in [1.165, 1.54) is 23.2 Å². The first-order chi connectivity index (χ1) is 9.86. The van der Waals surface area contributed by atoms with Gasteiger partial charge in [-0.25, -0.2) is 8.42 Å². The maximum Gasteiger partial charge on any atom is 0.228 e. The highest BCUT2D eigenvalue weighted by Crippen LogP contribution is 2.11. The van der Waals surface area contributed by atoms with Crippen molar-refractivity contribution in [2.24, 2.45) is 0 Å². The molecule has 0 N–H and O–H groups in total. The summed E-state index contributed by atoms with van der Waals surface area (Å²) in [5.41, 5.74) is 0.471. The number of likely N-dealkylation sites (N-methyl/N-ethyl adjacent to an activating group) is 1. The molecule has 0 spiro atoms. The van der Waals surface area contributed by atoms with E-state index in [9.17, 15) is 13.2 Å². The second-order valence-electron chi connectivity index (χ2n) is 3.85. The van der Waals surface area contributed by atoms with E-state index >= 15 is 0 Å². The quantitative estimate of drug-likeness (QED) is 0.856. The third-order valence-electron chi connectivity index (χ3n) is 2.36. The van der Waals surface area contributed by atoms with Crippen LogP contribution in [0, 0.1) is 0 Å². The van der Waals surface area contributed by atoms with E-state index in [-0.39, 0.29) is 23.0 Å². The third-order valence-corrected chi connectivity index (χ3v) is 4.09. The number of rotatable bonds is 4. The minimum absolute atomic E-state index is 0.0398. The summed E-state index contributed by atoms with van der Waals surface area (Å²) in [5.74, 6) is -0.0681. The maximum absolute atomic E-state index is 11.6. The molecule has 0 fully saturated rings. The lowest BCUT2D eigenvalue weighted by molar-refractivity contribution is -0.128. The first-order valence-electron chi connectivity index (χ1n) is 7.24. The largest absolute Gasteiger partial charge is 0.348 e. The molecule has 5 nitrogen and oxygen atoms in total. The van der Waals surface area contributed by atoms with Crippen molar-refractivity contribution in [2.75, 3.05) is 19.8 Å². The monoisotopic (exact) mass is 316 g/mol. The predicted molar refractivity (Wildman–Crippen MR) is 87.1 cm³/mol. The van der Waals surface area contributed by atoms with Gasteiger partial charge in [-0.05, 0) is 12.1 Å². The van der Waals surface area contributed by atoms with Gasteiger partial charge in [-0.2, -0.15) is 0 Å². The molecular formula is C15H28N2O3S. The number of hydrogen-bond donors (Lipinski definition) is 0. The molecular weight excluding hydrogens is 288 g/mol. The average Bonchev–Trinajstić information content (AvgIpc) is 2.51. The predicted octanol–water partition coefficient (Wildman–Crippen LogP) is 2.56. The van der Waals surface area contributed by atoms with Crippen molar-refractivity contribution < 1.29 is 13.2 Å². The van der Waals surface area contributed by atoms with Gasteiger partial charge in [-0.3, -0.25) is 9.78 Å². The summed E-state index contributed by atoms with van der Waals surface area (Å²) < 4.78 is 23.3. The molecule has 0 bridgehead atoms. The molecule has 1 aromatic heterocycles. The Balaban J connectivity index is 0. The molecule has 122 valence electrons. The number of carbonyl (C=O) groups excluding carboxylic acids is 1. The normalized spacial score (nSPS) is 9.67. The second kappa shape index (κ2) is 11.3. The Morgan fingerprint density at radius 1 is 1.19 bits per heavy atom. The first-order valence-corrected chi connectivity index (χ1v) is 8.90. The maximum atomic E-state index is 11.6. The van der Waals surface area contributed by atoms with Crippen LogP contribution < -0.4 is 0 Å². The Kier molecular flexibility index (Phi) is 11.7. The highest BCUT2D eigenvalue weighted by Gasteiger charge is 2.14. The summed E-state index contributed by atoms with van der Waals surface area (Å²) in [6, 6.07) is 2.91. The zero-order chi connectivity index (χ0) is 17.1. The smallest absolute Gasteiger partial charge is 0.228 e. The number of amides is 1. The minimum atomic E-state index is -3.24. The number of carbonyl (C=O) groups is 1. The first kappa shape index (κ1) is 21.9. The number of pyridine rings is 1. The van der Waals surface area contributed by atoms with Crippen molar-refractivity contribution in [1.29, 1.82) is 0 Å². The zero-order valence-electron chi connectivity index (χ0n) is 14.2. The van der Waals surface area contributed by atoms with E-state index in [2.05, 4.69) is 4.98 Å². The van der Waals surface area contributed by atoms with Gasteiger partial charge in [0.15, 0.2) is 9.84 Å². The van der Waals surface area contributed by atoms with Gasteiger partial charge >= 0.3 is 0 Å². The molecule has 1 heterocycles. The summed E-state index contributed by atoms with van der Waals surface area (Å²) in [5, 5.41) is 0. The molecule has 0 unspecified atom stereocenters. The van der Waals surface area contributed by atoms with E-state index < -0.39 is 9.84 Å². The van der Waals surface area contributed by atoms with Crippen molar-refractivity contribution in [1.82, 2.24) is 9.88 Å². The van der Waals surface area contributed by atoms with Crippen LogP contribution in [0.1, 0.15) is 40.3 Å². The summed E-state index contributed by atoms with van der Waals surface area (Å²) >= 11 is 0. The van der Waals surface area contributed by atoms with Crippen molar-refractivity contribution in [3.8, 4) is 0 Å². The molecule has 6 heteroatoms.